The standard InChI is InChI=1S/C13H16N6O5/c1-3-13(23)8(21)7(5(2)20)24-11(13)18-4-16-6-9(18)17-12(14)19(15)10(6)22/h1,4-5,7-8,11,20-21,23H,15H2,2H3,(H2,14,17)/t5-,7+,8?,11+,13+/m0/s1. The number of nitrogen functional groups attached to an aromatic ring is 2. The molecule has 0 bridgehead atoms. The van der Waals surface area contributed by atoms with Gasteiger partial charge in [-0.25, -0.2) is 4.98 Å². The number of aliphatic hydroxyl groups excluding tert-OH is 2. The Hall–Kier alpha value is -2.65. The zero-order valence-corrected chi connectivity index (χ0v) is 12.6. The highest BCUT2D eigenvalue weighted by atomic mass is 16.6. The quantitative estimate of drug-likeness (QED) is 0.281. The third-order valence-electron chi connectivity index (χ3n) is 4.04. The van der Waals surface area contributed by atoms with Crippen molar-refractivity contribution in [1.82, 2.24) is 19.2 Å². The fourth-order valence-corrected chi connectivity index (χ4v) is 2.70. The molecule has 24 heavy (non-hydrogen) atoms. The summed E-state index contributed by atoms with van der Waals surface area (Å²) < 4.78 is 7.30. The van der Waals surface area contributed by atoms with Crippen molar-refractivity contribution >= 4 is 17.1 Å². The van der Waals surface area contributed by atoms with Crippen molar-refractivity contribution in [2.45, 2.75) is 37.1 Å². The Morgan fingerprint density at radius 2 is 2.25 bits per heavy atom. The molecule has 7 N–H and O–H groups in total. The number of hydrogen-bond acceptors (Lipinski definition) is 9. The number of imidazole rings is 1. The highest BCUT2D eigenvalue weighted by molar-refractivity contribution is 5.71. The third kappa shape index (κ3) is 1.98. The van der Waals surface area contributed by atoms with E-state index in [0.29, 0.717) is 4.68 Å². The van der Waals surface area contributed by atoms with E-state index in [9.17, 15) is 20.1 Å². The topological polar surface area (TPSA) is 175 Å². The maximum Gasteiger partial charge on any atom is 0.301 e. The molecule has 11 nitrogen and oxygen atoms in total. The Bertz CT molecular complexity index is 899. The number of terminal acetylenes is 1. The van der Waals surface area contributed by atoms with Crippen molar-refractivity contribution in [3.05, 3.63) is 16.7 Å². The lowest BCUT2D eigenvalue weighted by Gasteiger charge is -2.26. The van der Waals surface area contributed by atoms with Crippen LogP contribution in [0.5, 0.6) is 0 Å². The molecule has 1 saturated heterocycles. The summed E-state index contributed by atoms with van der Waals surface area (Å²) in [5, 5.41) is 30.6. The van der Waals surface area contributed by atoms with Crippen LogP contribution in [0.1, 0.15) is 13.2 Å². The molecule has 2 aromatic rings. The van der Waals surface area contributed by atoms with E-state index in [2.05, 4.69) is 15.9 Å². The van der Waals surface area contributed by atoms with E-state index in [1.54, 1.807) is 0 Å². The molecule has 0 aliphatic carbocycles. The number of aromatic nitrogens is 4. The Kier molecular flexibility index (Phi) is 3.50. The summed E-state index contributed by atoms with van der Waals surface area (Å²) in [6.07, 6.45) is 1.33. The fraction of sp³-hybridized carbons (Fsp3) is 0.462. The van der Waals surface area contributed by atoms with Crippen LogP contribution >= 0.6 is 0 Å². The monoisotopic (exact) mass is 336 g/mol. The van der Waals surface area contributed by atoms with Crippen LogP contribution in [-0.4, -0.2) is 58.4 Å². The number of anilines is 1. The number of ether oxygens (including phenoxy) is 1. The average molecular weight is 336 g/mol. The predicted molar refractivity (Wildman–Crippen MR) is 81.7 cm³/mol. The Balaban J connectivity index is 2.20. The fourth-order valence-electron chi connectivity index (χ4n) is 2.70. The van der Waals surface area contributed by atoms with Gasteiger partial charge in [0.1, 0.15) is 12.2 Å². The number of hydrogen-bond donors (Lipinski definition) is 5. The summed E-state index contributed by atoms with van der Waals surface area (Å²) in [6, 6.07) is 0. The lowest BCUT2D eigenvalue weighted by molar-refractivity contribution is -0.0846. The molecule has 1 fully saturated rings. The Morgan fingerprint density at radius 1 is 1.58 bits per heavy atom. The first-order valence-electron chi connectivity index (χ1n) is 6.94. The molecule has 5 atom stereocenters. The molecule has 0 aromatic carbocycles. The highest BCUT2D eigenvalue weighted by Crippen LogP contribution is 2.40. The molecule has 1 unspecified atom stereocenters. The molecule has 11 heteroatoms. The van der Waals surface area contributed by atoms with E-state index in [4.69, 9.17) is 22.7 Å². The van der Waals surface area contributed by atoms with Crippen LogP contribution in [0.2, 0.25) is 0 Å². The van der Waals surface area contributed by atoms with Crippen molar-refractivity contribution in [1.29, 1.82) is 0 Å². The number of rotatable bonds is 2. The number of aliphatic hydroxyl groups is 3. The van der Waals surface area contributed by atoms with Crippen molar-refractivity contribution in [3.8, 4) is 12.3 Å². The van der Waals surface area contributed by atoms with Gasteiger partial charge in [0.15, 0.2) is 23.0 Å². The molecule has 0 radical (unpaired) electrons. The maximum absolute atomic E-state index is 12.1. The van der Waals surface area contributed by atoms with E-state index in [-0.39, 0.29) is 17.1 Å². The van der Waals surface area contributed by atoms with Crippen LogP contribution < -0.4 is 17.1 Å². The summed E-state index contributed by atoms with van der Waals surface area (Å²) in [5.74, 6) is 7.24. The number of nitrogens with zero attached hydrogens (tertiary/aromatic N) is 4. The molecule has 128 valence electrons. The molecule has 1 aliphatic rings. The van der Waals surface area contributed by atoms with E-state index in [1.807, 2.05) is 0 Å². The van der Waals surface area contributed by atoms with Crippen molar-refractivity contribution in [2.75, 3.05) is 11.6 Å². The lowest BCUT2D eigenvalue weighted by atomic mass is 9.93. The van der Waals surface area contributed by atoms with E-state index in [1.165, 1.54) is 11.5 Å². The first-order valence-corrected chi connectivity index (χ1v) is 6.94. The van der Waals surface area contributed by atoms with Gasteiger partial charge in [-0.1, -0.05) is 5.92 Å². The molecule has 0 saturated carbocycles. The Labute approximate surface area is 135 Å². The summed E-state index contributed by atoms with van der Waals surface area (Å²) >= 11 is 0. The second-order valence-electron chi connectivity index (χ2n) is 5.58. The average Bonchev–Trinajstić information content (AvgIpc) is 3.06. The summed E-state index contributed by atoms with van der Waals surface area (Å²) in [4.78, 5) is 19.9. The van der Waals surface area contributed by atoms with Gasteiger partial charge in [0, 0.05) is 0 Å². The van der Waals surface area contributed by atoms with Crippen LogP contribution in [0.4, 0.5) is 5.95 Å². The minimum atomic E-state index is -2.18. The van der Waals surface area contributed by atoms with Gasteiger partial charge in [-0.05, 0) is 6.92 Å². The summed E-state index contributed by atoms with van der Waals surface area (Å²) in [7, 11) is 0. The molecule has 3 rings (SSSR count). The lowest BCUT2D eigenvalue weighted by Crippen LogP contribution is -2.47. The van der Waals surface area contributed by atoms with Crippen LogP contribution in [-0.2, 0) is 4.74 Å². The summed E-state index contributed by atoms with van der Waals surface area (Å²) in [5.41, 5.74) is 2.54. The van der Waals surface area contributed by atoms with Gasteiger partial charge in [0.2, 0.25) is 5.95 Å². The zero-order chi connectivity index (χ0) is 17.8. The Morgan fingerprint density at radius 3 is 2.83 bits per heavy atom. The first kappa shape index (κ1) is 16.2. The SMILES string of the molecule is C#C[C@@]1(O)C(O)[C@@H]([C@H](C)O)O[C@H]1n1cnc2c(=O)n(N)c(N)nc21. The van der Waals surface area contributed by atoms with Gasteiger partial charge in [-0.15, -0.1) is 6.42 Å². The van der Waals surface area contributed by atoms with Gasteiger partial charge in [0.25, 0.3) is 0 Å². The summed E-state index contributed by atoms with van der Waals surface area (Å²) in [6.45, 7) is 1.38. The minimum absolute atomic E-state index is 0.0312. The number of fused-ring (bicyclic) bond motifs is 1. The molecule has 3 heterocycles. The van der Waals surface area contributed by atoms with Crippen molar-refractivity contribution in [3.63, 3.8) is 0 Å². The molecular formula is C13H16N6O5. The normalized spacial score (nSPS) is 31.2. The third-order valence-corrected chi connectivity index (χ3v) is 4.04. The van der Waals surface area contributed by atoms with E-state index in [0.717, 1.165) is 6.33 Å². The van der Waals surface area contributed by atoms with Crippen LogP contribution in [0.25, 0.3) is 11.2 Å². The molecule has 1 aliphatic heterocycles. The van der Waals surface area contributed by atoms with Gasteiger partial charge < -0.3 is 31.6 Å². The van der Waals surface area contributed by atoms with Gasteiger partial charge in [0.05, 0.1) is 12.4 Å². The van der Waals surface area contributed by atoms with E-state index >= 15 is 0 Å². The highest BCUT2D eigenvalue weighted by Gasteiger charge is 2.57. The maximum atomic E-state index is 12.1. The van der Waals surface area contributed by atoms with Crippen LogP contribution in [0.15, 0.2) is 11.1 Å². The first-order chi connectivity index (χ1) is 11.2. The molecule has 0 spiro atoms. The molecular weight excluding hydrogens is 320 g/mol. The van der Waals surface area contributed by atoms with Crippen molar-refractivity contribution in [2.24, 2.45) is 0 Å². The smallest absolute Gasteiger partial charge is 0.301 e. The molecule has 0 amide bonds. The van der Waals surface area contributed by atoms with E-state index < -0.39 is 35.7 Å². The van der Waals surface area contributed by atoms with Gasteiger partial charge in [-0.2, -0.15) is 9.66 Å². The van der Waals surface area contributed by atoms with Crippen molar-refractivity contribution < 1.29 is 20.1 Å². The zero-order valence-electron chi connectivity index (χ0n) is 12.6. The number of nitrogens with two attached hydrogens (primary N) is 2. The second kappa shape index (κ2) is 5.18. The van der Waals surface area contributed by atoms with Crippen LogP contribution in [0.3, 0.4) is 0 Å². The predicted octanol–water partition coefficient (Wildman–Crippen LogP) is -3.11. The molecule has 2 aromatic heterocycles. The van der Waals surface area contributed by atoms with Gasteiger partial charge >= 0.3 is 5.56 Å². The second-order valence-corrected chi connectivity index (χ2v) is 5.58. The largest absolute Gasteiger partial charge is 0.391 e. The minimum Gasteiger partial charge on any atom is -0.391 e. The van der Waals surface area contributed by atoms with Gasteiger partial charge in [-0.3, -0.25) is 9.36 Å². The van der Waals surface area contributed by atoms with Crippen LogP contribution in [0, 0.1) is 12.3 Å².